The van der Waals surface area contributed by atoms with Crippen molar-refractivity contribution in [1.82, 2.24) is 0 Å². The van der Waals surface area contributed by atoms with Gasteiger partial charge < -0.3 is 10.5 Å². The van der Waals surface area contributed by atoms with Crippen LogP contribution in [0.25, 0.3) is 0 Å². The van der Waals surface area contributed by atoms with Crippen LogP contribution >= 0.6 is 12.4 Å². The standard InChI is InChI=1S/C12H15NO.ClH/c13-8-9-7-12(9)5-6-14-11-4-2-1-3-10(11)12;/h1-4,9H,5-8,13H2;1H/t9-,12+;/m0./s1. The monoisotopic (exact) mass is 225 g/mol. The van der Waals surface area contributed by atoms with Crippen molar-refractivity contribution >= 4 is 12.4 Å². The maximum absolute atomic E-state index is 5.76. The van der Waals surface area contributed by atoms with E-state index in [1.165, 1.54) is 12.0 Å². The molecule has 1 fully saturated rings. The molecule has 1 aliphatic heterocycles. The summed E-state index contributed by atoms with van der Waals surface area (Å²) >= 11 is 0. The number of rotatable bonds is 1. The van der Waals surface area contributed by atoms with E-state index in [1.54, 1.807) is 0 Å². The summed E-state index contributed by atoms with van der Waals surface area (Å²) in [6.45, 7) is 1.67. The van der Waals surface area contributed by atoms with Gasteiger partial charge in [0.05, 0.1) is 6.61 Å². The van der Waals surface area contributed by atoms with Crippen molar-refractivity contribution in [2.24, 2.45) is 11.7 Å². The highest BCUT2D eigenvalue weighted by Crippen LogP contribution is 2.59. The number of hydrogen-bond acceptors (Lipinski definition) is 2. The number of ether oxygens (including phenoxy) is 1. The molecular formula is C12H16ClNO. The number of fused-ring (bicyclic) bond motifs is 2. The second-order valence-electron chi connectivity index (χ2n) is 4.39. The zero-order valence-corrected chi connectivity index (χ0v) is 9.43. The number of nitrogens with two attached hydrogens (primary N) is 1. The first-order valence-electron chi connectivity index (χ1n) is 5.29. The van der Waals surface area contributed by atoms with Gasteiger partial charge in [-0.05, 0) is 31.4 Å². The molecular weight excluding hydrogens is 210 g/mol. The molecule has 0 radical (unpaired) electrons. The maximum Gasteiger partial charge on any atom is 0.123 e. The van der Waals surface area contributed by atoms with Crippen LogP contribution in [0.2, 0.25) is 0 Å². The van der Waals surface area contributed by atoms with Crippen molar-refractivity contribution in [3.05, 3.63) is 29.8 Å². The summed E-state index contributed by atoms with van der Waals surface area (Å²) in [6.07, 6.45) is 2.40. The Morgan fingerprint density at radius 2 is 2.20 bits per heavy atom. The van der Waals surface area contributed by atoms with E-state index in [1.807, 2.05) is 6.07 Å². The molecule has 0 aromatic heterocycles. The third-order valence-electron chi connectivity index (χ3n) is 3.75. The molecule has 2 N–H and O–H groups in total. The van der Waals surface area contributed by atoms with Gasteiger partial charge in [-0.1, -0.05) is 18.2 Å². The van der Waals surface area contributed by atoms with Gasteiger partial charge in [0.15, 0.2) is 0 Å². The van der Waals surface area contributed by atoms with E-state index in [9.17, 15) is 0 Å². The lowest BCUT2D eigenvalue weighted by Crippen LogP contribution is -2.23. The second-order valence-corrected chi connectivity index (χ2v) is 4.39. The van der Waals surface area contributed by atoms with Crippen molar-refractivity contribution in [2.75, 3.05) is 13.2 Å². The minimum Gasteiger partial charge on any atom is -0.493 e. The van der Waals surface area contributed by atoms with Crippen LogP contribution in [-0.2, 0) is 5.41 Å². The number of benzene rings is 1. The SMILES string of the molecule is Cl.NC[C@@H]1C[C@]12CCOc1ccccc12. The summed E-state index contributed by atoms with van der Waals surface area (Å²) < 4.78 is 5.65. The van der Waals surface area contributed by atoms with Crippen LogP contribution in [0.5, 0.6) is 5.75 Å². The largest absolute Gasteiger partial charge is 0.493 e. The second kappa shape index (κ2) is 3.69. The van der Waals surface area contributed by atoms with Gasteiger partial charge in [-0.15, -0.1) is 12.4 Å². The van der Waals surface area contributed by atoms with Crippen molar-refractivity contribution in [3.63, 3.8) is 0 Å². The molecule has 2 nitrogen and oxygen atoms in total. The number of halogens is 1. The quantitative estimate of drug-likeness (QED) is 0.795. The highest BCUT2D eigenvalue weighted by molar-refractivity contribution is 5.85. The summed E-state index contributed by atoms with van der Waals surface area (Å²) in [5.74, 6) is 1.77. The molecule has 1 aromatic carbocycles. The summed E-state index contributed by atoms with van der Waals surface area (Å²) in [7, 11) is 0. The molecule has 1 saturated carbocycles. The van der Waals surface area contributed by atoms with Crippen LogP contribution in [-0.4, -0.2) is 13.2 Å². The molecule has 1 aromatic rings. The molecule has 3 heteroatoms. The van der Waals surface area contributed by atoms with E-state index < -0.39 is 0 Å². The molecule has 2 aliphatic rings. The van der Waals surface area contributed by atoms with Gasteiger partial charge in [-0.25, -0.2) is 0 Å². The summed E-state index contributed by atoms with van der Waals surface area (Å²) in [4.78, 5) is 0. The molecule has 2 atom stereocenters. The molecule has 1 spiro atoms. The van der Waals surface area contributed by atoms with Crippen LogP contribution in [0.4, 0.5) is 0 Å². The minimum absolute atomic E-state index is 0. The van der Waals surface area contributed by atoms with Gasteiger partial charge in [0.25, 0.3) is 0 Å². The Kier molecular flexibility index (Phi) is 2.65. The van der Waals surface area contributed by atoms with Crippen molar-refractivity contribution in [3.8, 4) is 5.75 Å². The molecule has 3 rings (SSSR count). The fraction of sp³-hybridized carbons (Fsp3) is 0.500. The maximum atomic E-state index is 5.76. The Labute approximate surface area is 96.2 Å². The Morgan fingerprint density at radius 3 is 2.93 bits per heavy atom. The van der Waals surface area contributed by atoms with E-state index >= 15 is 0 Å². The van der Waals surface area contributed by atoms with Gasteiger partial charge >= 0.3 is 0 Å². The molecule has 1 heterocycles. The van der Waals surface area contributed by atoms with Gasteiger partial charge in [-0.3, -0.25) is 0 Å². The normalized spacial score (nSPS) is 31.4. The molecule has 0 amide bonds. The Balaban J connectivity index is 0.000000853. The fourth-order valence-electron chi connectivity index (χ4n) is 2.81. The van der Waals surface area contributed by atoms with Crippen molar-refractivity contribution in [1.29, 1.82) is 0 Å². The molecule has 0 saturated heterocycles. The molecule has 0 unspecified atom stereocenters. The topological polar surface area (TPSA) is 35.2 Å². The van der Waals surface area contributed by atoms with E-state index in [-0.39, 0.29) is 12.4 Å². The average Bonchev–Trinajstić information content (AvgIpc) is 2.94. The predicted octanol–water partition coefficient (Wildman–Crippen LogP) is 2.11. The van der Waals surface area contributed by atoms with Crippen LogP contribution in [0.1, 0.15) is 18.4 Å². The van der Waals surface area contributed by atoms with Gasteiger partial charge in [0, 0.05) is 11.0 Å². The minimum atomic E-state index is 0. The summed E-state index contributed by atoms with van der Waals surface area (Å²) in [5.41, 5.74) is 7.52. The molecule has 1 aliphatic carbocycles. The van der Waals surface area contributed by atoms with Crippen LogP contribution in [0.15, 0.2) is 24.3 Å². The Bertz CT molecular complexity index is 368. The van der Waals surface area contributed by atoms with Crippen LogP contribution < -0.4 is 10.5 Å². The first kappa shape index (κ1) is 10.8. The summed E-state index contributed by atoms with van der Waals surface area (Å²) in [6, 6.07) is 8.41. The lowest BCUT2D eigenvalue weighted by Gasteiger charge is -2.26. The number of hydrogen-bond donors (Lipinski definition) is 1. The zero-order chi connectivity index (χ0) is 9.60. The zero-order valence-electron chi connectivity index (χ0n) is 8.61. The Morgan fingerprint density at radius 1 is 1.40 bits per heavy atom. The van der Waals surface area contributed by atoms with E-state index in [4.69, 9.17) is 10.5 Å². The van der Waals surface area contributed by atoms with Crippen molar-refractivity contribution < 1.29 is 4.74 Å². The number of para-hydroxylation sites is 1. The van der Waals surface area contributed by atoms with Gasteiger partial charge in [0.2, 0.25) is 0 Å². The predicted molar refractivity (Wildman–Crippen MR) is 62.6 cm³/mol. The smallest absolute Gasteiger partial charge is 0.123 e. The van der Waals surface area contributed by atoms with E-state index in [2.05, 4.69) is 18.2 Å². The average molecular weight is 226 g/mol. The van der Waals surface area contributed by atoms with E-state index in [0.29, 0.717) is 11.3 Å². The van der Waals surface area contributed by atoms with Gasteiger partial charge in [0.1, 0.15) is 5.75 Å². The first-order chi connectivity index (χ1) is 6.87. The van der Waals surface area contributed by atoms with Crippen molar-refractivity contribution in [2.45, 2.75) is 18.3 Å². The molecule has 82 valence electrons. The highest BCUT2D eigenvalue weighted by Gasteiger charge is 2.56. The first-order valence-corrected chi connectivity index (χ1v) is 5.29. The van der Waals surface area contributed by atoms with Crippen LogP contribution in [0, 0.1) is 5.92 Å². The van der Waals surface area contributed by atoms with E-state index in [0.717, 1.165) is 25.3 Å². The lowest BCUT2D eigenvalue weighted by atomic mass is 9.87. The fourth-order valence-corrected chi connectivity index (χ4v) is 2.81. The third kappa shape index (κ3) is 1.44. The summed E-state index contributed by atoms with van der Waals surface area (Å²) in [5, 5.41) is 0. The highest BCUT2D eigenvalue weighted by atomic mass is 35.5. The third-order valence-corrected chi connectivity index (χ3v) is 3.75. The van der Waals surface area contributed by atoms with Gasteiger partial charge in [-0.2, -0.15) is 0 Å². The lowest BCUT2D eigenvalue weighted by molar-refractivity contribution is 0.254. The molecule has 15 heavy (non-hydrogen) atoms. The van der Waals surface area contributed by atoms with Crippen LogP contribution in [0.3, 0.4) is 0 Å². The Hall–Kier alpha value is -0.730. The molecule has 0 bridgehead atoms.